The molecule has 1 aromatic rings. The molecule has 0 bridgehead atoms. The van der Waals surface area contributed by atoms with Crippen molar-refractivity contribution in [3.8, 4) is 0 Å². The third-order valence-corrected chi connectivity index (χ3v) is 2.14. The number of benzene rings is 1. The molecule has 3 nitrogen and oxygen atoms in total. The van der Waals surface area contributed by atoms with Crippen LogP contribution in [-0.4, -0.2) is 19.1 Å². The van der Waals surface area contributed by atoms with Gasteiger partial charge in [0, 0.05) is 7.11 Å². The standard InChI is InChI=1S/C11H15NO2/c1-14-10(11(12)13)8-7-9-5-3-2-4-6-9/h2-6,10H,7-8H2,1H3,(H2,12,13)/t10-/m1/s1. The minimum atomic E-state index is -0.477. The number of hydrogen-bond acceptors (Lipinski definition) is 2. The fraction of sp³-hybridized carbons (Fsp3) is 0.364. The highest BCUT2D eigenvalue weighted by atomic mass is 16.5. The van der Waals surface area contributed by atoms with E-state index in [-0.39, 0.29) is 0 Å². The van der Waals surface area contributed by atoms with E-state index in [4.69, 9.17) is 10.5 Å². The summed E-state index contributed by atoms with van der Waals surface area (Å²) >= 11 is 0. The Hall–Kier alpha value is -1.35. The van der Waals surface area contributed by atoms with Crippen molar-refractivity contribution in [2.24, 2.45) is 5.73 Å². The Labute approximate surface area is 83.9 Å². The van der Waals surface area contributed by atoms with Crippen molar-refractivity contribution in [2.75, 3.05) is 7.11 Å². The van der Waals surface area contributed by atoms with Crippen molar-refractivity contribution in [1.82, 2.24) is 0 Å². The predicted molar refractivity (Wildman–Crippen MR) is 54.8 cm³/mol. The summed E-state index contributed by atoms with van der Waals surface area (Å²) in [4.78, 5) is 10.8. The van der Waals surface area contributed by atoms with Gasteiger partial charge in [-0.2, -0.15) is 0 Å². The van der Waals surface area contributed by atoms with Crippen molar-refractivity contribution in [2.45, 2.75) is 18.9 Å². The zero-order valence-corrected chi connectivity index (χ0v) is 8.27. The zero-order valence-electron chi connectivity index (χ0n) is 8.27. The van der Waals surface area contributed by atoms with Crippen LogP contribution in [0.2, 0.25) is 0 Å². The molecule has 1 atom stereocenters. The summed E-state index contributed by atoms with van der Waals surface area (Å²) in [6.07, 6.45) is 0.966. The number of primary amides is 1. The van der Waals surface area contributed by atoms with Gasteiger partial charge >= 0.3 is 0 Å². The number of carbonyl (C=O) groups is 1. The number of ether oxygens (including phenoxy) is 1. The van der Waals surface area contributed by atoms with E-state index < -0.39 is 12.0 Å². The van der Waals surface area contributed by atoms with Crippen molar-refractivity contribution in [1.29, 1.82) is 0 Å². The van der Waals surface area contributed by atoms with Crippen LogP contribution in [0.1, 0.15) is 12.0 Å². The fourth-order valence-electron chi connectivity index (χ4n) is 1.32. The Morgan fingerprint density at radius 3 is 2.57 bits per heavy atom. The van der Waals surface area contributed by atoms with E-state index >= 15 is 0 Å². The summed E-state index contributed by atoms with van der Waals surface area (Å²) in [5.41, 5.74) is 6.34. The van der Waals surface area contributed by atoms with Crippen LogP contribution in [0.4, 0.5) is 0 Å². The number of nitrogens with two attached hydrogens (primary N) is 1. The van der Waals surface area contributed by atoms with Crippen molar-refractivity contribution in [3.05, 3.63) is 35.9 Å². The SMILES string of the molecule is CO[C@H](CCc1ccccc1)C(N)=O. The van der Waals surface area contributed by atoms with Gasteiger partial charge in [-0.05, 0) is 18.4 Å². The zero-order chi connectivity index (χ0) is 10.4. The lowest BCUT2D eigenvalue weighted by Gasteiger charge is -2.10. The van der Waals surface area contributed by atoms with E-state index in [0.29, 0.717) is 6.42 Å². The van der Waals surface area contributed by atoms with Crippen molar-refractivity contribution >= 4 is 5.91 Å². The predicted octanol–water partition coefficient (Wildman–Crippen LogP) is 1.12. The molecule has 1 aromatic carbocycles. The quantitative estimate of drug-likeness (QED) is 0.761. The lowest BCUT2D eigenvalue weighted by atomic mass is 10.1. The van der Waals surface area contributed by atoms with Gasteiger partial charge in [0.15, 0.2) is 0 Å². The minimum Gasteiger partial charge on any atom is -0.372 e. The van der Waals surface area contributed by atoms with Gasteiger partial charge in [-0.1, -0.05) is 30.3 Å². The van der Waals surface area contributed by atoms with Gasteiger partial charge in [-0.3, -0.25) is 4.79 Å². The molecule has 0 aromatic heterocycles. The molecule has 2 N–H and O–H groups in total. The van der Waals surface area contributed by atoms with Crippen LogP contribution < -0.4 is 5.73 Å². The molecule has 1 rings (SSSR count). The van der Waals surface area contributed by atoms with Crippen LogP contribution in [0, 0.1) is 0 Å². The van der Waals surface area contributed by atoms with E-state index in [1.54, 1.807) is 0 Å². The first-order valence-electron chi connectivity index (χ1n) is 4.60. The topological polar surface area (TPSA) is 52.3 Å². The average molecular weight is 193 g/mol. The number of rotatable bonds is 5. The molecule has 14 heavy (non-hydrogen) atoms. The normalized spacial score (nSPS) is 12.4. The maximum absolute atomic E-state index is 10.8. The Morgan fingerprint density at radius 1 is 1.43 bits per heavy atom. The Morgan fingerprint density at radius 2 is 2.07 bits per heavy atom. The summed E-state index contributed by atoms with van der Waals surface area (Å²) in [7, 11) is 1.50. The second-order valence-electron chi connectivity index (χ2n) is 3.15. The maximum Gasteiger partial charge on any atom is 0.246 e. The number of carbonyl (C=O) groups excluding carboxylic acids is 1. The fourth-order valence-corrected chi connectivity index (χ4v) is 1.32. The molecule has 0 heterocycles. The van der Waals surface area contributed by atoms with Gasteiger partial charge in [0.05, 0.1) is 0 Å². The first-order chi connectivity index (χ1) is 6.74. The minimum absolute atomic E-state index is 0.400. The molecule has 0 aliphatic rings. The molecular weight excluding hydrogens is 178 g/mol. The smallest absolute Gasteiger partial charge is 0.246 e. The van der Waals surface area contributed by atoms with Gasteiger partial charge in [-0.25, -0.2) is 0 Å². The number of hydrogen-bond donors (Lipinski definition) is 1. The molecule has 0 saturated heterocycles. The van der Waals surface area contributed by atoms with Gasteiger partial charge < -0.3 is 10.5 Å². The number of aryl methyl sites for hydroxylation is 1. The third kappa shape index (κ3) is 3.18. The molecule has 0 unspecified atom stereocenters. The van der Waals surface area contributed by atoms with E-state index in [9.17, 15) is 4.79 Å². The first kappa shape index (κ1) is 10.7. The van der Waals surface area contributed by atoms with Crippen LogP contribution >= 0.6 is 0 Å². The second kappa shape index (κ2) is 5.40. The highest BCUT2D eigenvalue weighted by molar-refractivity contribution is 5.78. The lowest BCUT2D eigenvalue weighted by molar-refractivity contribution is -0.128. The second-order valence-corrected chi connectivity index (χ2v) is 3.15. The van der Waals surface area contributed by atoms with Crippen LogP contribution in [0.25, 0.3) is 0 Å². The van der Waals surface area contributed by atoms with E-state index in [1.807, 2.05) is 30.3 Å². The molecule has 76 valence electrons. The lowest BCUT2D eigenvalue weighted by Crippen LogP contribution is -2.30. The molecule has 0 fully saturated rings. The van der Waals surface area contributed by atoms with Crippen LogP contribution in [0.3, 0.4) is 0 Å². The summed E-state index contributed by atoms with van der Waals surface area (Å²) in [5.74, 6) is -0.400. The average Bonchev–Trinajstić information content (AvgIpc) is 2.20. The van der Waals surface area contributed by atoms with Crippen molar-refractivity contribution < 1.29 is 9.53 Å². The monoisotopic (exact) mass is 193 g/mol. The number of methoxy groups -OCH3 is 1. The number of amides is 1. The Bertz CT molecular complexity index is 285. The highest BCUT2D eigenvalue weighted by Gasteiger charge is 2.13. The van der Waals surface area contributed by atoms with Gasteiger partial charge in [0.25, 0.3) is 0 Å². The van der Waals surface area contributed by atoms with E-state index in [1.165, 1.54) is 12.7 Å². The summed E-state index contributed by atoms with van der Waals surface area (Å²) in [6.45, 7) is 0. The van der Waals surface area contributed by atoms with Crippen LogP contribution in [0.5, 0.6) is 0 Å². The van der Waals surface area contributed by atoms with Crippen LogP contribution in [0.15, 0.2) is 30.3 Å². The summed E-state index contributed by atoms with van der Waals surface area (Å²) in [5, 5.41) is 0. The maximum atomic E-state index is 10.8. The molecule has 0 aliphatic heterocycles. The summed E-state index contributed by atoms with van der Waals surface area (Å²) in [6, 6.07) is 9.95. The highest BCUT2D eigenvalue weighted by Crippen LogP contribution is 2.06. The largest absolute Gasteiger partial charge is 0.372 e. The Balaban J connectivity index is 2.44. The molecular formula is C11H15NO2. The molecule has 0 spiro atoms. The van der Waals surface area contributed by atoms with Gasteiger partial charge in [0.1, 0.15) is 6.10 Å². The molecule has 0 saturated carbocycles. The van der Waals surface area contributed by atoms with Gasteiger partial charge in [-0.15, -0.1) is 0 Å². The van der Waals surface area contributed by atoms with Gasteiger partial charge in [0.2, 0.25) is 5.91 Å². The van der Waals surface area contributed by atoms with Crippen molar-refractivity contribution in [3.63, 3.8) is 0 Å². The Kier molecular flexibility index (Phi) is 4.13. The molecule has 1 amide bonds. The van der Waals surface area contributed by atoms with E-state index in [2.05, 4.69) is 0 Å². The summed E-state index contributed by atoms with van der Waals surface area (Å²) < 4.78 is 4.96. The molecule has 3 heteroatoms. The molecule has 0 radical (unpaired) electrons. The van der Waals surface area contributed by atoms with E-state index in [0.717, 1.165) is 6.42 Å². The first-order valence-corrected chi connectivity index (χ1v) is 4.60. The molecule has 0 aliphatic carbocycles. The third-order valence-electron chi connectivity index (χ3n) is 2.14. The van der Waals surface area contributed by atoms with Crippen LogP contribution in [-0.2, 0) is 16.0 Å².